The molecule has 0 saturated carbocycles. The molecule has 1 aliphatic heterocycles. The molecular weight excluding hydrogens is 248 g/mol. The van der Waals surface area contributed by atoms with E-state index in [1.54, 1.807) is 0 Å². The van der Waals surface area contributed by atoms with E-state index in [1.165, 1.54) is 25.7 Å². The monoisotopic (exact) mass is 274 g/mol. The van der Waals surface area contributed by atoms with Gasteiger partial charge in [0, 0.05) is 19.6 Å². The maximum absolute atomic E-state index is 12.3. The van der Waals surface area contributed by atoms with Gasteiger partial charge >= 0.3 is 0 Å². The van der Waals surface area contributed by atoms with E-state index in [0.717, 1.165) is 30.1 Å². The lowest BCUT2D eigenvalue weighted by Gasteiger charge is -2.32. The minimum absolute atomic E-state index is 0.264. The number of amides is 1. The van der Waals surface area contributed by atoms with Crippen molar-refractivity contribution >= 4 is 5.91 Å². The zero-order chi connectivity index (χ0) is 14.4. The van der Waals surface area contributed by atoms with E-state index < -0.39 is 0 Å². The van der Waals surface area contributed by atoms with Crippen LogP contribution in [0.3, 0.4) is 0 Å². The molecule has 0 radical (unpaired) electrons. The van der Waals surface area contributed by atoms with Crippen LogP contribution < -0.4 is 5.73 Å². The highest BCUT2D eigenvalue weighted by Gasteiger charge is 2.22. The molecule has 3 heteroatoms. The number of piperidine rings is 1. The Morgan fingerprint density at radius 3 is 2.35 bits per heavy atom. The van der Waals surface area contributed by atoms with Crippen LogP contribution in [0.4, 0.5) is 0 Å². The summed E-state index contributed by atoms with van der Waals surface area (Å²) in [6, 6.07) is 8.06. The fraction of sp³-hybridized carbons (Fsp3) is 0.588. The van der Waals surface area contributed by atoms with Gasteiger partial charge in [-0.15, -0.1) is 0 Å². The first-order valence-corrected chi connectivity index (χ1v) is 7.78. The summed E-state index contributed by atoms with van der Waals surface area (Å²) in [7, 11) is 0. The molecule has 1 aromatic rings. The van der Waals surface area contributed by atoms with E-state index in [-0.39, 0.29) is 5.91 Å². The summed E-state index contributed by atoms with van der Waals surface area (Å²) < 4.78 is 0. The second-order valence-electron chi connectivity index (χ2n) is 5.81. The first-order valence-electron chi connectivity index (χ1n) is 7.78. The lowest BCUT2D eigenvalue weighted by molar-refractivity contribution is -0.131. The van der Waals surface area contributed by atoms with E-state index in [9.17, 15) is 4.79 Å². The molecule has 1 heterocycles. The van der Waals surface area contributed by atoms with Crippen molar-refractivity contribution in [1.82, 2.24) is 4.90 Å². The number of hydrogen-bond donors (Lipinski definition) is 1. The molecule has 0 bridgehead atoms. The van der Waals surface area contributed by atoms with Crippen molar-refractivity contribution in [3.05, 3.63) is 35.4 Å². The lowest BCUT2D eigenvalue weighted by Crippen LogP contribution is -2.39. The highest BCUT2D eigenvalue weighted by molar-refractivity contribution is 5.78. The molecule has 1 aliphatic rings. The van der Waals surface area contributed by atoms with Gasteiger partial charge in [0.1, 0.15) is 0 Å². The van der Waals surface area contributed by atoms with E-state index >= 15 is 0 Å². The molecule has 110 valence electrons. The highest BCUT2D eigenvalue weighted by Crippen LogP contribution is 2.22. The zero-order valence-corrected chi connectivity index (χ0v) is 12.5. The number of carbonyl (C=O) groups is 1. The van der Waals surface area contributed by atoms with E-state index in [4.69, 9.17) is 5.73 Å². The second-order valence-corrected chi connectivity index (χ2v) is 5.81. The van der Waals surface area contributed by atoms with E-state index in [2.05, 4.69) is 6.92 Å². The molecule has 1 saturated heterocycles. The fourth-order valence-corrected chi connectivity index (χ4v) is 2.96. The van der Waals surface area contributed by atoms with Crippen LogP contribution >= 0.6 is 0 Å². The third-order valence-electron chi connectivity index (χ3n) is 4.28. The summed E-state index contributed by atoms with van der Waals surface area (Å²) in [6.07, 6.45) is 5.43. The summed E-state index contributed by atoms with van der Waals surface area (Å²) in [5, 5.41) is 0. The Morgan fingerprint density at radius 1 is 1.20 bits per heavy atom. The predicted molar refractivity (Wildman–Crippen MR) is 82.2 cm³/mol. The van der Waals surface area contributed by atoms with Crippen molar-refractivity contribution in [2.75, 3.05) is 13.1 Å². The third kappa shape index (κ3) is 4.07. The van der Waals surface area contributed by atoms with Crippen molar-refractivity contribution in [2.45, 2.75) is 45.6 Å². The molecule has 20 heavy (non-hydrogen) atoms. The van der Waals surface area contributed by atoms with Gasteiger partial charge in [-0.2, -0.15) is 0 Å². The average molecular weight is 274 g/mol. The van der Waals surface area contributed by atoms with Crippen LogP contribution in [0.2, 0.25) is 0 Å². The van der Waals surface area contributed by atoms with Gasteiger partial charge in [0.05, 0.1) is 6.42 Å². The number of nitrogens with two attached hydrogens (primary N) is 1. The van der Waals surface area contributed by atoms with Gasteiger partial charge in [0.25, 0.3) is 0 Å². The van der Waals surface area contributed by atoms with Crippen molar-refractivity contribution in [3.63, 3.8) is 0 Å². The van der Waals surface area contributed by atoms with Gasteiger partial charge in [-0.3, -0.25) is 4.79 Å². The summed E-state index contributed by atoms with van der Waals surface area (Å²) in [4.78, 5) is 14.3. The Hall–Kier alpha value is -1.35. The summed E-state index contributed by atoms with van der Waals surface area (Å²) in [5.74, 6) is 1.09. The Morgan fingerprint density at radius 2 is 1.80 bits per heavy atom. The van der Waals surface area contributed by atoms with Crippen molar-refractivity contribution in [3.8, 4) is 0 Å². The maximum atomic E-state index is 12.3. The van der Waals surface area contributed by atoms with Gasteiger partial charge in [0.15, 0.2) is 0 Å². The number of hydrogen-bond acceptors (Lipinski definition) is 2. The summed E-state index contributed by atoms with van der Waals surface area (Å²) in [5.41, 5.74) is 7.78. The van der Waals surface area contributed by atoms with Crippen LogP contribution in [0.5, 0.6) is 0 Å². The minimum atomic E-state index is 0.264. The lowest BCUT2D eigenvalue weighted by atomic mass is 9.92. The number of nitrogens with zero attached hydrogens (tertiary/aromatic N) is 1. The fourth-order valence-electron chi connectivity index (χ4n) is 2.96. The predicted octanol–water partition coefficient (Wildman–Crippen LogP) is 2.73. The summed E-state index contributed by atoms with van der Waals surface area (Å²) >= 11 is 0. The van der Waals surface area contributed by atoms with Crippen LogP contribution in [-0.4, -0.2) is 23.9 Å². The standard InChI is InChI=1S/C17H26N2O/c1-2-3-14-8-10-19(11-9-14)17(20)12-15-4-6-16(13-18)7-5-15/h4-7,14H,2-3,8-13,18H2,1H3. The number of rotatable bonds is 5. The minimum Gasteiger partial charge on any atom is -0.342 e. The van der Waals surface area contributed by atoms with Gasteiger partial charge in [-0.1, -0.05) is 44.0 Å². The van der Waals surface area contributed by atoms with Crippen molar-refractivity contribution in [2.24, 2.45) is 11.7 Å². The molecule has 0 aromatic heterocycles. The zero-order valence-electron chi connectivity index (χ0n) is 12.5. The Kier molecular flexibility index (Phi) is 5.60. The number of likely N-dealkylation sites (tertiary alicyclic amines) is 1. The Balaban J connectivity index is 1.83. The van der Waals surface area contributed by atoms with Gasteiger partial charge in [0.2, 0.25) is 5.91 Å². The topological polar surface area (TPSA) is 46.3 Å². The average Bonchev–Trinajstić information content (AvgIpc) is 2.49. The van der Waals surface area contributed by atoms with Crippen LogP contribution in [-0.2, 0) is 17.8 Å². The Labute approximate surface area is 122 Å². The second kappa shape index (κ2) is 7.44. The SMILES string of the molecule is CCCC1CCN(C(=O)Cc2ccc(CN)cc2)CC1. The number of benzene rings is 1. The molecule has 0 spiro atoms. The van der Waals surface area contributed by atoms with Crippen molar-refractivity contribution in [1.29, 1.82) is 0 Å². The maximum Gasteiger partial charge on any atom is 0.226 e. The molecule has 0 unspecified atom stereocenters. The molecular formula is C17H26N2O. The van der Waals surface area contributed by atoms with Gasteiger partial charge in [-0.25, -0.2) is 0 Å². The smallest absolute Gasteiger partial charge is 0.226 e. The third-order valence-corrected chi connectivity index (χ3v) is 4.28. The van der Waals surface area contributed by atoms with Crippen LogP contribution in [0.25, 0.3) is 0 Å². The quantitative estimate of drug-likeness (QED) is 0.897. The number of carbonyl (C=O) groups excluding carboxylic acids is 1. The van der Waals surface area contributed by atoms with Crippen LogP contribution in [0.15, 0.2) is 24.3 Å². The molecule has 3 nitrogen and oxygen atoms in total. The molecule has 2 rings (SSSR count). The highest BCUT2D eigenvalue weighted by atomic mass is 16.2. The molecule has 0 atom stereocenters. The molecule has 1 aromatic carbocycles. The normalized spacial score (nSPS) is 16.4. The van der Waals surface area contributed by atoms with Crippen LogP contribution in [0, 0.1) is 5.92 Å². The molecule has 0 aliphatic carbocycles. The van der Waals surface area contributed by atoms with Gasteiger partial charge in [-0.05, 0) is 29.9 Å². The Bertz CT molecular complexity index is 419. The molecule has 1 amide bonds. The van der Waals surface area contributed by atoms with Crippen LogP contribution in [0.1, 0.15) is 43.7 Å². The first-order chi connectivity index (χ1) is 9.72. The van der Waals surface area contributed by atoms with E-state index in [1.807, 2.05) is 29.2 Å². The van der Waals surface area contributed by atoms with Crippen molar-refractivity contribution < 1.29 is 4.79 Å². The molecule has 2 N–H and O–H groups in total. The van der Waals surface area contributed by atoms with Gasteiger partial charge < -0.3 is 10.6 Å². The first kappa shape index (κ1) is 15.0. The summed E-state index contributed by atoms with van der Waals surface area (Å²) in [6.45, 7) is 4.66. The molecule has 1 fully saturated rings. The van der Waals surface area contributed by atoms with E-state index in [0.29, 0.717) is 13.0 Å². The largest absolute Gasteiger partial charge is 0.342 e.